The topological polar surface area (TPSA) is 18.5 Å². The molecule has 1 aromatic carbocycles. The first-order valence-corrected chi connectivity index (χ1v) is 7.70. The van der Waals surface area contributed by atoms with Crippen LogP contribution < -0.4 is 0 Å². The van der Waals surface area contributed by atoms with Gasteiger partial charge in [0.15, 0.2) is 0 Å². The van der Waals surface area contributed by atoms with Crippen molar-refractivity contribution in [1.82, 2.24) is 0 Å². The normalized spacial score (nSPS) is 11.8. The van der Waals surface area contributed by atoms with E-state index < -0.39 is 0 Å². The van der Waals surface area contributed by atoms with Crippen LogP contribution in [0.15, 0.2) is 24.3 Å². The SMILES string of the molecule is COCCCCCCOCc1ccc(C(C)(C)C)cc1. The predicted octanol–water partition coefficient (Wildman–Crippen LogP) is 4.71. The zero-order valence-electron chi connectivity index (χ0n) is 13.6. The van der Waals surface area contributed by atoms with E-state index in [0.29, 0.717) is 0 Å². The molecular weight excluding hydrogens is 248 g/mol. The van der Waals surface area contributed by atoms with Crippen molar-refractivity contribution >= 4 is 0 Å². The minimum Gasteiger partial charge on any atom is -0.385 e. The van der Waals surface area contributed by atoms with Crippen LogP contribution in [-0.2, 0) is 21.5 Å². The Morgan fingerprint density at radius 1 is 0.850 bits per heavy atom. The number of benzene rings is 1. The minimum absolute atomic E-state index is 0.224. The molecule has 0 aliphatic heterocycles. The highest BCUT2D eigenvalue weighted by atomic mass is 16.5. The van der Waals surface area contributed by atoms with Gasteiger partial charge in [-0.05, 0) is 29.4 Å². The quantitative estimate of drug-likeness (QED) is 0.609. The van der Waals surface area contributed by atoms with Gasteiger partial charge in [0, 0.05) is 20.3 Å². The van der Waals surface area contributed by atoms with Crippen LogP contribution in [0.3, 0.4) is 0 Å². The average Bonchev–Trinajstić information content (AvgIpc) is 2.41. The van der Waals surface area contributed by atoms with Crippen molar-refractivity contribution in [1.29, 1.82) is 0 Å². The van der Waals surface area contributed by atoms with E-state index in [1.165, 1.54) is 24.0 Å². The molecule has 0 spiro atoms. The third-order valence-electron chi connectivity index (χ3n) is 3.48. The molecule has 20 heavy (non-hydrogen) atoms. The van der Waals surface area contributed by atoms with Crippen LogP contribution in [0.1, 0.15) is 57.6 Å². The Morgan fingerprint density at radius 3 is 2.00 bits per heavy atom. The summed E-state index contributed by atoms with van der Waals surface area (Å²) in [7, 11) is 1.76. The van der Waals surface area contributed by atoms with Gasteiger partial charge in [-0.2, -0.15) is 0 Å². The molecule has 0 saturated carbocycles. The predicted molar refractivity (Wildman–Crippen MR) is 85.1 cm³/mol. The van der Waals surface area contributed by atoms with Crippen molar-refractivity contribution in [3.05, 3.63) is 35.4 Å². The lowest BCUT2D eigenvalue weighted by molar-refractivity contribution is 0.116. The summed E-state index contributed by atoms with van der Waals surface area (Å²) in [5.74, 6) is 0. The number of unbranched alkanes of at least 4 members (excludes halogenated alkanes) is 3. The molecule has 0 heterocycles. The van der Waals surface area contributed by atoms with Gasteiger partial charge in [0.2, 0.25) is 0 Å². The Morgan fingerprint density at radius 2 is 1.45 bits per heavy atom. The Kier molecular flexibility index (Phi) is 7.86. The summed E-state index contributed by atoms with van der Waals surface area (Å²) in [6, 6.07) is 8.78. The molecule has 0 aliphatic rings. The Bertz CT molecular complexity index is 349. The molecule has 2 nitrogen and oxygen atoms in total. The second kappa shape index (κ2) is 9.15. The summed E-state index contributed by atoms with van der Waals surface area (Å²) >= 11 is 0. The molecular formula is C18H30O2. The van der Waals surface area contributed by atoms with Gasteiger partial charge in [-0.25, -0.2) is 0 Å². The number of hydrogen-bond donors (Lipinski definition) is 0. The Balaban J connectivity index is 2.13. The fourth-order valence-corrected chi connectivity index (χ4v) is 2.10. The second-order valence-corrected chi connectivity index (χ2v) is 6.41. The maximum atomic E-state index is 5.72. The lowest BCUT2D eigenvalue weighted by Gasteiger charge is -2.19. The zero-order chi connectivity index (χ0) is 14.8. The first kappa shape index (κ1) is 17.2. The van der Waals surface area contributed by atoms with E-state index in [9.17, 15) is 0 Å². The van der Waals surface area contributed by atoms with Gasteiger partial charge >= 0.3 is 0 Å². The lowest BCUT2D eigenvalue weighted by Crippen LogP contribution is -2.10. The van der Waals surface area contributed by atoms with Crippen molar-refractivity contribution in [2.75, 3.05) is 20.3 Å². The average molecular weight is 278 g/mol. The first-order chi connectivity index (χ1) is 9.54. The molecule has 0 unspecified atom stereocenters. The van der Waals surface area contributed by atoms with Crippen molar-refractivity contribution in [3.8, 4) is 0 Å². The van der Waals surface area contributed by atoms with E-state index in [1.807, 2.05) is 0 Å². The zero-order valence-corrected chi connectivity index (χ0v) is 13.6. The maximum absolute atomic E-state index is 5.72. The molecule has 0 aromatic heterocycles. The molecule has 1 aromatic rings. The van der Waals surface area contributed by atoms with E-state index in [2.05, 4.69) is 45.0 Å². The maximum Gasteiger partial charge on any atom is 0.0716 e. The van der Waals surface area contributed by atoms with Crippen LogP contribution in [-0.4, -0.2) is 20.3 Å². The van der Waals surface area contributed by atoms with E-state index in [-0.39, 0.29) is 5.41 Å². The van der Waals surface area contributed by atoms with Crippen LogP contribution in [0.5, 0.6) is 0 Å². The highest BCUT2D eigenvalue weighted by Gasteiger charge is 2.12. The van der Waals surface area contributed by atoms with Crippen LogP contribution in [0.4, 0.5) is 0 Å². The standard InChI is InChI=1S/C18H30O2/c1-18(2,3)17-11-9-16(10-12-17)15-20-14-8-6-5-7-13-19-4/h9-12H,5-8,13-15H2,1-4H3. The molecule has 0 atom stereocenters. The van der Waals surface area contributed by atoms with Crippen molar-refractivity contribution in [3.63, 3.8) is 0 Å². The molecule has 0 amide bonds. The van der Waals surface area contributed by atoms with E-state index in [0.717, 1.165) is 32.7 Å². The molecule has 0 aliphatic carbocycles. The van der Waals surface area contributed by atoms with Gasteiger partial charge in [-0.3, -0.25) is 0 Å². The Labute approximate surface area is 124 Å². The largest absolute Gasteiger partial charge is 0.385 e. The summed E-state index contributed by atoms with van der Waals surface area (Å²) in [4.78, 5) is 0. The number of rotatable bonds is 9. The highest BCUT2D eigenvalue weighted by molar-refractivity contribution is 5.27. The lowest BCUT2D eigenvalue weighted by atomic mass is 9.87. The molecule has 2 heteroatoms. The summed E-state index contributed by atoms with van der Waals surface area (Å²) < 4.78 is 10.8. The molecule has 0 fully saturated rings. The highest BCUT2D eigenvalue weighted by Crippen LogP contribution is 2.22. The molecule has 1 rings (SSSR count). The van der Waals surface area contributed by atoms with Gasteiger partial charge in [0.05, 0.1) is 6.61 Å². The molecule has 0 radical (unpaired) electrons. The van der Waals surface area contributed by atoms with Gasteiger partial charge in [-0.15, -0.1) is 0 Å². The summed E-state index contributed by atoms with van der Waals surface area (Å²) in [6.45, 7) is 9.17. The first-order valence-electron chi connectivity index (χ1n) is 7.70. The van der Waals surface area contributed by atoms with Crippen molar-refractivity contribution in [2.45, 2.75) is 58.5 Å². The fraction of sp³-hybridized carbons (Fsp3) is 0.667. The summed E-state index contributed by atoms with van der Waals surface area (Å²) in [6.07, 6.45) is 4.76. The van der Waals surface area contributed by atoms with Gasteiger partial charge in [0.25, 0.3) is 0 Å². The summed E-state index contributed by atoms with van der Waals surface area (Å²) in [5, 5.41) is 0. The summed E-state index contributed by atoms with van der Waals surface area (Å²) in [5.41, 5.74) is 2.86. The van der Waals surface area contributed by atoms with Crippen LogP contribution >= 0.6 is 0 Å². The second-order valence-electron chi connectivity index (χ2n) is 6.41. The van der Waals surface area contributed by atoms with Gasteiger partial charge in [0.1, 0.15) is 0 Å². The van der Waals surface area contributed by atoms with Crippen molar-refractivity contribution < 1.29 is 9.47 Å². The van der Waals surface area contributed by atoms with Gasteiger partial charge < -0.3 is 9.47 Å². The van der Waals surface area contributed by atoms with Gasteiger partial charge in [-0.1, -0.05) is 57.9 Å². The van der Waals surface area contributed by atoms with Crippen LogP contribution in [0.2, 0.25) is 0 Å². The van der Waals surface area contributed by atoms with E-state index in [1.54, 1.807) is 7.11 Å². The third-order valence-corrected chi connectivity index (χ3v) is 3.48. The van der Waals surface area contributed by atoms with Crippen LogP contribution in [0.25, 0.3) is 0 Å². The van der Waals surface area contributed by atoms with E-state index in [4.69, 9.17) is 9.47 Å². The smallest absolute Gasteiger partial charge is 0.0716 e. The van der Waals surface area contributed by atoms with Crippen molar-refractivity contribution in [2.24, 2.45) is 0 Å². The van der Waals surface area contributed by atoms with E-state index >= 15 is 0 Å². The molecule has 0 saturated heterocycles. The fourth-order valence-electron chi connectivity index (χ4n) is 2.10. The van der Waals surface area contributed by atoms with Crippen LogP contribution in [0, 0.1) is 0 Å². The molecule has 0 N–H and O–H groups in total. The molecule has 114 valence electrons. The monoisotopic (exact) mass is 278 g/mol. The number of methoxy groups -OCH3 is 1. The minimum atomic E-state index is 0.224. The Hall–Kier alpha value is -0.860. The third kappa shape index (κ3) is 7.06. The number of hydrogen-bond acceptors (Lipinski definition) is 2. The number of ether oxygens (including phenoxy) is 2. The molecule has 0 bridgehead atoms.